The zero-order chi connectivity index (χ0) is 19.1. The molecule has 0 saturated heterocycles. The highest BCUT2D eigenvalue weighted by atomic mass is 79.9. The van der Waals surface area contributed by atoms with E-state index in [9.17, 15) is 9.18 Å². The van der Waals surface area contributed by atoms with E-state index in [1.165, 1.54) is 42.7 Å². The molecular weight excluding hydrogens is 407 g/mol. The standard InChI is InChI=1S/C16H14BrFN6O2/c1-9(22-16(25)10-4-6-21-7-5-10)14(24-26-20)15(19)23-11-2-3-13(18)12(17)8-11/h2-8H,1,20H2,(H2,19,23)(H,22,25)/b24-14+. The van der Waals surface area contributed by atoms with Crippen molar-refractivity contribution in [3.8, 4) is 0 Å². The number of anilines is 1. The van der Waals surface area contributed by atoms with Gasteiger partial charge in [-0.3, -0.25) is 15.2 Å². The van der Waals surface area contributed by atoms with E-state index in [0.717, 1.165) is 0 Å². The van der Waals surface area contributed by atoms with Crippen molar-refractivity contribution < 1.29 is 14.1 Å². The van der Waals surface area contributed by atoms with Crippen LogP contribution in [0.1, 0.15) is 10.4 Å². The first-order valence-corrected chi connectivity index (χ1v) is 7.87. The van der Waals surface area contributed by atoms with Crippen LogP contribution in [0.3, 0.4) is 0 Å². The number of aromatic nitrogens is 1. The Kier molecular flexibility index (Phi) is 6.53. The molecule has 0 fully saturated rings. The maximum absolute atomic E-state index is 13.3. The van der Waals surface area contributed by atoms with E-state index in [1.807, 2.05) is 0 Å². The van der Waals surface area contributed by atoms with Gasteiger partial charge in [0.1, 0.15) is 5.82 Å². The van der Waals surface area contributed by atoms with Crippen molar-refractivity contribution in [1.82, 2.24) is 10.3 Å². The number of nitrogens with one attached hydrogen (secondary N) is 3. The van der Waals surface area contributed by atoms with E-state index in [4.69, 9.17) is 11.3 Å². The Balaban J connectivity index is 2.12. The van der Waals surface area contributed by atoms with Gasteiger partial charge in [0.2, 0.25) is 0 Å². The first kappa shape index (κ1) is 19.2. The average Bonchev–Trinajstić information content (AvgIpc) is 2.63. The summed E-state index contributed by atoms with van der Waals surface area (Å²) < 4.78 is 13.5. The van der Waals surface area contributed by atoms with Crippen molar-refractivity contribution in [2.45, 2.75) is 0 Å². The largest absolute Gasteiger partial charge is 0.339 e. The van der Waals surface area contributed by atoms with Gasteiger partial charge in [0.25, 0.3) is 5.91 Å². The third-order valence-corrected chi connectivity index (χ3v) is 3.67. The van der Waals surface area contributed by atoms with Crippen molar-refractivity contribution >= 4 is 39.1 Å². The lowest BCUT2D eigenvalue weighted by molar-refractivity contribution is 0.0967. The summed E-state index contributed by atoms with van der Waals surface area (Å²) in [7, 11) is 0. The summed E-state index contributed by atoms with van der Waals surface area (Å²) in [6.07, 6.45) is 2.93. The molecule has 5 N–H and O–H groups in total. The first-order valence-electron chi connectivity index (χ1n) is 7.08. The molecular formula is C16H14BrFN6O2. The van der Waals surface area contributed by atoms with Gasteiger partial charge < -0.3 is 15.6 Å². The van der Waals surface area contributed by atoms with Gasteiger partial charge in [0.05, 0.1) is 10.2 Å². The first-order chi connectivity index (χ1) is 12.4. The predicted octanol–water partition coefficient (Wildman–Crippen LogP) is 2.56. The third kappa shape index (κ3) is 4.94. The number of hydrogen-bond acceptors (Lipinski definition) is 6. The summed E-state index contributed by atoms with van der Waals surface area (Å²) in [6.45, 7) is 3.67. The Morgan fingerprint density at radius 2 is 2.04 bits per heavy atom. The van der Waals surface area contributed by atoms with Crippen LogP contribution in [0.25, 0.3) is 0 Å². The molecule has 1 aromatic carbocycles. The Bertz CT molecular complexity index is 872. The quantitative estimate of drug-likeness (QED) is 0.324. The number of pyridine rings is 1. The van der Waals surface area contributed by atoms with E-state index >= 15 is 0 Å². The predicted molar refractivity (Wildman–Crippen MR) is 99.0 cm³/mol. The van der Waals surface area contributed by atoms with Gasteiger partial charge in [-0.15, -0.1) is 5.90 Å². The van der Waals surface area contributed by atoms with Crippen molar-refractivity contribution in [1.29, 1.82) is 5.41 Å². The molecule has 0 bridgehead atoms. The number of nitrogens with two attached hydrogens (primary N) is 1. The highest BCUT2D eigenvalue weighted by Gasteiger charge is 2.17. The van der Waals surface area contributed by atoms with Gasteiger partial charge in [-0.25, -0.2) is 4.39 Å². The molecule has 0 saturated carbocycles. The van der Waals surface area contributed by atoms with Crippen molar-refractivity contribution in [3.63, 3.8) is 0 Å². The normalized spacial score (nSPS) is 10.8. The van der Waals surface area contributed by atoms with Crippen LogP contribution in [0, 0.1) is 11.2 Å². The fraction of sp³-hybridized carbons (Fsp3) is 0. The monoisotopic (exact) mass is 420 g/mol. The number of benzene rings is 1. The number of amides is 1. The Morgan fingerprint density at radius 1 is 1.35 bits per heavy atom. The second-order valence-corrected chi connectivity index (χ2v) is 5.70. The Morgan fingerprint density at radius 3 is 2.65 bits per heavy atom. The number of nitrogens with zero attached hydrogens (tertiary/aromatic N) is 2. The molecule has 0 unspecified atom stereocenters. The van der Waals surface area contributed by atoms with Crippen LogP contribution in [-0.4, -0.2) is 22.4 Å². The molecule has 0 aliphatic carbocycles. The number of hydrogen-bond donors (Lipinski definition) is 4. The number of halogens is 2. The molecule has 0 spiro atoms. The summed E-state index contributed by atoms with van der Waals surface area (Å²) in [6, 6.07) is 7.10. The third-order valence-electron chi connectivity index (χ3n) is 3.06. The van der Waals surface area contributed by atoms with Crippen LogP contribution in [0.15, 0.2) is 64.6 Å². The Labute approximate surface area is 156 Å². The van der Waals surface area contributed by atoms with Gasteiger partial charge in [-0.2, -0.15) is 0 Å². The van der Waals surface area contributed by atoms with E-state index < -0.39 is 11.7 Å². The van der Waals surface area contributed by atoms with Crippen LogP contribution < -0.4 is 16.5 Å². The molecule has 26 heavy (non-hydrogen) atoms. The van der Waals surface area contributed by atoms with E-state index in [0.29, 0.717) is 11.3 Å². The maximum Gasteiger partial charge on any atom is 0.255 e. The Hall–Kier alpha value is -3.11. The molecule has 1 aromatic heterocycles. The van der Waals surface area contributed by atoms with Crippen LogP contribution in [-0.2, 0) is 4.94 Å². The maximum atomic E-state index is 13.3. The fourth-order valence-corrected chi connectivity index (χ4v) is 2.23. The number of rotatable bonds is 6. The SMILES string of the molecule is C=C(NC(=O)c1ccncc1)/C(=N\ON)C(=N)Nc1ccc(F)c(Br)c1. The van der Waals surface area contributed by atoms with Crippen molar-refractivity contribution in [3.05, 3.63) is 70.9 Å². The van der Waals surface area contributed by atoms with E-state index in [-0.39, 0.29) is 21.7 Å². The van der Waals surface area contributed by atoms with Gasteiger partial charge in [0, 0.05) is 23.6 Å². The average molecular weight is 421 g/mol. The van der Waals surface area contributed by atoms with Gasteiger partial charge in [-0.05, 0) is 46.3 Å². The van der Waals surface area contributed by atoms with Gasteiger partial charge in [-0.1, -0.05) is 11.7 Å². The molecule has 134 valence electrons. The summed E-state index contributed by atoms with van der Waals surface area (Å²) in [5.41, 5.74) is 0.587. The van der Waals surface area contributed by atoms with Crippen LogP contribution >= 0.6 is 15.9 Å². The molecule has 2 aromatic rings. The number of carbonyl (C=O) groups is 1. The summed E-state index contributed by atoms with van der Waals surface area (Å²) in [5.74, 6) is 3.76. The highest BCUT2D eigenvalue weighted by Crippen LogP contribution is 2.20. The minimum absolute atomic E-state index is 0.0176. The molecule has 1 heterocycles. The minimum atomic E-state index is -0.473. The van der Waals surface area contributed by atoms with Crippen LogP contribution in [0.5, 0.6) is 0 Å². The molecule has 0 radical (unpaired) electrons. The van der Waals surface area contributed by atoms with Crippen LogP contribution in [0.4, 0.5) is 10.1 Å². The zero-order valence-electron chi connectivity index (χ0n) is 13.3. The fourth-order valence-electron chi connectivity index (χ4n) is 1.85. The van der Waals surface area contributed by atoms with Gasteiger partial charge >= 0.3 is 0 Å². The zero-order valence-corrected chi connectivity index (χ0v) is 14.9. The molecule has 10 heteroatoms. The summed E-state index contributed by atoms with van der Waals surface area (Å²) in [4.78, 5) is 20.2. The van der Waals surface area contributed by atoms with Gasteiger partial charge in [0.15, 0.2) is 11.5 Å². The van der Waals surface area contributed by atoms with E-state index in [2.05, 4.69) is 48.2 Å². The second kappa shape index (κ2) is 8.83. The highest BCUT2D eigenvalue weighted by molar-refractivity contribution is 9.10. The smallest absolute Gasteiger partial charge is 0.255 e. The molecule has 2 rings (SSSR count). The summed E-state index contributed by atoms with van der Waals surface area (Å²) >= 11 is 3.05. The summed E-state index contributed by atoms with van der Waals surface area (Å²) in [5, 5.41) is 16.8. The lowest BCUT2D eigenvalue weighted by atomic mass is 10.2. The van der Waals surface area contributed by atoms with Crippen molar-refractivity contribution in [2.24, 2.45) is 11.1 Å². The molecule has 0 atom stereocenters. The number of carbonyl (C=O) groups excluding carboxylic acids is 1. The minimum Gasteiger partial charge on any atom is -0.339 e. The number of oxime groups is 1. The molecule has 8 nitrogen and oxygen atoms in total. The number of amidine groups is 1. The lowest BCUT2D eigenvalue weighted by Crippen LogP contribution is -2.33. The second-order valence-electron chi connectivity index (χ2n) is 4.84. The molecule has 0 aliphatic rings. The topological polar surface area (TPSA) is 125 Å². The lowest BCUT2D eigenvalue weighted by Gasteiger charge is -2.13. The van der Waals surface area contributed by atoms with Crippen LogP contribution in [0.2, 0.25) is 0 Å². The van der Waals surface area contributed by atoms with Crippen molar-refractivity contribution in [2.75, 3.05) is 5.32 Å². The van der Waals surface area contributed by atoms with E-state index in [1.54, 1.807) is 0 Å². The molecule has 1 amide bonds. The molecule has 0 aliphatic heterocycles.